The lowest BCUT2D eigenvalue weighted by molar-refractivity contribution is 0.0607. The van der Waals surface area contributed by atoms with Crippen molar-refractivity contribution >= 4 is 62.5 Å². The number of fused-ring (bicyclic) bond motifs is 1. The minimum atomic E-state index is -0.506. The predicted octanol–water partition coefficient (Wildman–Crippen LogP) is 4.54. The molecule has 0 aliphatic carbocycles. The number of amides is 1. The van der Waals surface area contributed by atoms with Gasteiger partial charge >= 0.3 is 5.97 Å². The molecule has 1 amide bonds. The molecular weight excluding hydrogens is 442 g/mol. The fourth-order valence-electron chi connectivity index (χ4n) is 3.27. The maximum Gasteiger partial charge on any atom is 0.350 e. The Labute approximate surface area is 187 Å². The van der Waals surface area contributed by atoms with Gasteiger partial charge in [0, 0.05) is 47.1 Å². The molecule has 3 aromatic rings. The number of rotatable bonds is 5. The van der Waals surface area contributed by atoms with Gasteiger partial charge in [-0.05, 0) is 30.3 Å². The normalized spacial score (nSPS) is 14.6. The van der Waals surface area contributed by atoms with Crippen molar-refractivity contribution in [1.29, 1.82) is 0 Å². The van der Waals surface area contributed by atoms with E-state index in [9.17, 15) is 9.59 Å². The zero-order chi connectivity index (χ0) is 21.1. The molecule has 156 valence electrons. The van der Waals surface area contributed by atoms with Crippen molar-refractivity contribution in [3.63, 3.8) is 0 Å². The largest absolute Gasteiger partial charge is 0.465 e. The van der Waals surface area contributed by atoms with Crippen molar-refractivity contribution in [2.75, 3.05) is 37.0 Å². The van der Waals surface area contributed by atoms with Crippen LogP contribution in [0.25, 0.3) is 10.2 Å². The van der Waals surface area contributed by atoms with E-state index in [0.717, 1.165) is 36.8 Å². The van der Waals surface area contributed by atoms with Gasteiger partial charge < -0.3 is 10.1 Å². The second-order valence-corrected chi connectivity index (χ2v) is 9.47. The number of nitrogens with zero attached hydrogens (tertiary/aromatic N) is 2. The first-order valence-corrected chi connectivity index (χ1v) is 11.8. The minimum absolute atomic E-state index is 0.321. The Morgan fingerprint density at radius 2 is 2.03 bits per heavy atom. The molecular formula is C21H20ClN3O3S2. The molecule has 0 radical (unpaired) electrons. The lowest BCUT2D eigenvalue weighted by Crippen LogP contribution is -2.32. The van der Waals surface area contributed by atoms with Crippen molar-refractivity contribution in [3.8, 4) is 0 Å². The van der Waals surface area contributed by atoms with Gasteiger partial charge in [0.25, 0.3) is 5.91 Å². The summed E-state index contributed by atoms with van der Waals surface area (Å²) in [5.74, 6) is 1.41. The summed E-state index contributed by atoms with van der Waals surface area (Å²) in [6.07, 6.45) is 0. The first kappa shape index (κ1) is 21.1. The van der Waals surface area contributed by atoms with Crippen LogP contribution in [0.15, 0.2) is 36.4 Å². The van der Waals surface area contributed by atoms with Crippen LogP contribution in [0.4, 0.5) is 5.69 Å². The molecule has 1 aliphatic rings. The number of methoxy groups -OCH3 is 1. The van der Waals surface area contributed by atoms with Gasteiger partial charge in [0.1, 0.15) is 9.71 Å². The lowest BCUT2D eigenvalue weighted by atomic mass is 10.2. The Morgan fingerprint density at radius 3 is 2.77 bits per heavy atom. The molecule has 1 fully saturated rings. The third kappa shape index (κ3) is 4.62. The number of nitrogens with one attached hydrogen (secondary N) is 1. The van der Waals surface area contributed by atoms with Gasteiger partial charge in [0.15, 0.2) is 0 Å². The maximum absolute atomic E-state index is 12.8. The molecule has 0 saturated carbocycles. The smallest absolute Gasteiger partial charge is 0.350 e. The second kappa shape index (κ2) is 9.34. The number of benzene rings is 1. The molecule has 9 heteroatoms. The molecule has 0 atom stereocenters. The SMILES string of the molecule is COC(=O)c1sc2nc(CN3CCSCC3)ccc2c1NC(=O)c1cccc(Cl)c1. The van der Waals surface area contributed by atoms with E-state index in [1.165, 1.54) is 18.4 Å². The number of halogens is 1. The molecule has 1 aliphatic heterocycles. The number of esters is 1. The fraction of sp³-hybridized carbons (Fsp3) is 0.286. The summed E-state index contributed by atoms with van der Waals surface area (Å²) in [5.41, 5.74) is 1.77. The maximum atomic E-state index is 12.8. The summed E-state index contributed by atoms with van der Waals surface area (Å²) in [7, 11) is 1.32. The van der Waals surface area contributed by atoms with Gasteiger partial charge in [0.2, 0.25) is 0 Å². The van der Waals surface area contributed by atoms with Crippen LogP contribution in [0.3, 0.4) is 0 Å². The van der Waals surface area contributed by atoms with E-state index in [4.69, 9.17) is 21.3 Å². The summed E-state index contributed by atoms with van der Waals surface area (Å²) in [4.78, 5) is 33.3. The summed E-state index contributed by atoms with van der Waals surface area (Å²) in [6, 6.07) is 10.5. The summed E-state index contributed by atoms with van der Waals surface area (Å²) >= 11 is 9.19. The highest BCUT2D eigenvalue weighted by Gasteiger charge is 2.23. The van der Waals surface area contributed by atoms with E-state index < -0.39 is 5.97 Å². The van der Waals surface area contributed by atoms with Crippen LogP contribution in [0.5, 0.6) is 0 Å². The van der Waals surface area contributed by atoms with Gasteiger partial charge in [-0.1, -0.05) is 17.7 Å². The number of thioether (sulfide) groups is 1. The van der Waals surface area contributed by atoms with Crippen molar-refractivity contribution in [3.05, 3.63) is 57.6 Å². The number of anilines is 1. The average Bonchev–Trinajstić information content (AvgIpc) is 3.11. The Morgan fingerprint density at radius 1 is 1.23 bits per heavy atom. The average molecular weight is 462 g/mol. The Kier molecular flexibility index (Phi) is 6.58. The molecule has 6 nitrogen and oxygen atoms in total. The monoisotopic (exact) mass is 461 g/mol. The van der Waals surface area contributed by atoms with Crippen molar-refractivity contribution in [2.24, 2.45) is 0 Å². The van der Waals surface area contributed by atoms with Crippen LogP contribution >= 0.6 is 34.7 Å². The molecule has 4 rings (SSSR count). The first-order valence-electron chi connectivity index (χ1n) is 9.43. The van der Waals surface area contributed by atoms with Gasteiger partial charge in [-0.2, -0.15) is 11.8 Å². The van der Waals surface area contributed by atoms with Crippen LogP contribution in [0.1, 0.15) is 25.7 Å². The number of thiophene rings is 1. The lowest BCUT2D eigenvalue weighted by Gasteiger charge is -2.25. The van der Waals surface area contributed by atoms with Gasteiger partial charge in [-0.3, -0.25) is 9.69 Å². The molecule has 2 aromatic heterocycles. The minimum Gasteiger partial charge on any atom is -0.465 e. The number of carbonyl (C=O) groups excluding carboxylic acids is 2. The van der Waals surface area contributed by atoms with Crippen LogP contribution in [-0.4, -0.2) is 53.5 Å². The topological polar surface area (TPSA) is 71.5 Å². The second-order valence-electron chi connectivity index (χ2n) is 6.81. The summed E-state index contributed by atoms with van der Waals surface area (Å²) in [5, 5.41) is 4.03. The number of pyridine rings is 1. The number of ether oxygens (including phenoxy) is 1. The Hall–Kier alpha value is -2.13. The zero-order valence-electron chi connectivity index (χ0n) is 16.3. The quantitative estimate of drug-likeness (QED) is 0.562. The van der Waals surface area contributed by atoms with Crippen molar-refractivity contribution in [1.82, 2.24) is 9.88 Å². The highest BCUT2D eigenvalue weighted by molar-refractivity contribution is 7.99. The molecule has 1 aromatic carbocycles. The molecule has 1 N–H and O–H groups in total. The van der Waals surface area contributed by atoms with Gasteiger partial charge in [0.05, 0.1) is 18.5 Å². The summed E-state index contributed by atoms with van der Waals surface area (Å²) in [6.45, 7) is 2.86. The number of carbonyl (C=O) groups is 2. The molecule has 0 unspecified atom stereocenters. The fourth-order valence-corrected chi connectivity index (χ4v) is 5.50. The van der Waals surface area contributed by atoms with E-state index in [0.29, 0.717) is 31.4 Å². The summed E-state index contributed by atoms with van der Waals surface area (Å²) < 4.78 is 4.93. The molecule has 0 bridgehead atoms. The van der Waals surface area contributed by atoms with E-state index in [2.05, 4.69) is 10.2 Å². The highest BCUT2D eigenvalue weighted by Crippen LogP contribution is 2.36. The number of hydrogen-bond donors (Lipinski definition) is 1. The van der Waals surface area contributed by atoms with Crippen LogP contribution < -0.4 is 5.32 Å². The number of aromatic nitrogens is 1. The predicted molar refractivity (Wildman–Crippen MR) is 123 cm³/mol. The molecule has 1 saturated heterocycles. The highest BCUT2D eigenvalue weighted by atomic mass is 35.5. The number of hydrogen-bond acceptors (Lipinski definition) is 7. The van der Waals surface area contributed by atoms with Crippen LogP contribution in [0.2, 0.25) is 5.02 Å². The molecule has 30 heavy (non-hydrogen) atoms. The van der Waals surface area contributed by atoms with Crippen LogP contribution in [-0.2, 0) is 11.3 Å². The Balaban J connectivity index is 1.66. The molecule has 3 heterocycles. The van der Waals surface area contributed by atoms with E-state index >= 15 is 0 Å². The van der Waals surface area contributed by atoms with Crippen molar-refractivity contribution in [2.45, 2.75) is 6.54 Å². The zero-order valence-corrected chi connectivity index (χ0v) is 18.7. The van der Waals surface area contributed by atoms with Crippen molar-refractivity contribution < 1.29 is 14.3 Å². The molecule has 0 spiro atoms. The first-order chi connectivity index (χ1) is 14.5. The van der Waals surface area contributed by atoms with Gasteiger partial charge in [-0.25, -0.2) is 9.78 Å². The van der Waals surface area contributed by atoms with Crippen LogP contribution in [0, 0.1) is 0 Å². The van der Waals surface area contributed by atoms with E-state index in [1.54, 1.807) is 24.3 Å². The van der Waals surface area contributed by atoms with Gasteiger partial charge in [-0.15, -0.1) is 11.3 Å². The Bertz CT molecular complexity index is 1100. The third-order valence-corrected chi connectivity index (χ3v) is 7.06. The van der Waals surface area contributed by atoms with E-state index in [-0.39, 0.29) is 5.91 Å². The van der Waals surface area contributed by atoms with E-state index in [1.807, 2.05) is 23.9 Å². The standard InChI is InChI=1S/C21H20ClN3O3S2/c1-28-21(27)18-17(24-19(26)13-3-2-4-14(22)11-13)16-6-5-15(23-20(16)30-18)12-25-7-9-29-10-8-25/h2-6,11H,7-10,12H2,1H3,(H,24,26). The third-order valence-electron chi connectivity index (χ3n) is 4.80.